The first-order valence-corrected chi connectivity index (χ1v) is 12.1. The van der Waals surface area contributed by atoms with Crippen LogP contribution in [0.4, 0.5) is 0 Å². The zero-order valence-electron chi connectivity index (χ0n) is 19.8. The average Bonchev–Trinajstić information content (AvgIpc) is 3.50. The van der Waals surface area contributed by atoms with Gasteiger partial charge < -0.3 is 18.6 Å². The van der Waals surface area contributed by atoms with E-state index >= 15 is 0 Å². The van der Waals surface area contributed by atoms with E-state index in [1.54, 1.807) is 7.11 Å². The van der Waals surface area contributed by atoms with Crippen LogP contribution in [0.2, 0.25) is 0 Å². The highest BCUT2D eigenvalue weighted by Gasteiger charge is 2.22. The number of ether oxygens (including phenoxy) is 2. The van der Waals surface area contributed by atoms with Crippen molar-refractivity contribution in [3.8, 4) is 16.9 Å². The van der Waals surface area contributed by atoms with Crippen molar-refractivity contribution in [1.29, 1.82) is 0 Å². The summed E-state index contributed by atoms with van der Waals surface area (Å²) >= 11 is 1.52. The molecule has 2 aromatic heterocycles. The molecular formula is C25H29N5O3S. The van der Waals surface area contributed by atoms with Crippen LogP contribution in [-0.2, 0) is 17.9 Å². The Labute approximate surface area is 203 Å². The van der Waals surface area contributed by atoms with Crippen molar-refractivity contribution in [3.05, 3.63) is 72.1 Å². The molecule has 4 aromatic rings. The van der Waals surface area contributed by atoms with Gasteiger partial charge in [0, 0.05) is 25.1 Å². The first-order chi connectivity index (χ1) is 16.6. The predicted octanol–water partition coefficient (Wildman–Crippen LogP) is 5.53. The van der Waals surface area contributed by atoms with Crippen LogP contribution in [0.5, 0.6) is 5.75 Å². The maximum Gasteiger partial charge on any atom is 0.239 e. The normalized spacial score (nSPS) is 12.3. The van der Waals surface area contributed by atoms with Gasteiger partial charge in [-0.25, -0.2) is 0 Å². The third-order valence-corrected chi connectivity index (χ3v) is 6.31. The number of nitrogens with zero attached hydrogens (tertiary/aromatic N) is 5. The highest BCUT2D eigenvalue weighted by molar-refractivity contribution is 7.99. The topological polar surface area (TPSA) is 88.1 Å². The van der Waals surface area contributed by atoms with Crippen molar-refractivity contribution < 1.29 is 14.0 Å². The number of benzene rings is 2. The molecule has 0 radical (unpaired) electrons. The van der Waals surface area contributed by atoms with E-state index < -0.39 is 0 Å². The average molecular weight is 480 g/mol. The third kappa shape index (κ3) is 5.66. The Morgan fingerprint density at radius 1 is 1.00 bits per heavy atom. The van der Waals surface area contributed by atoms with E-state index in [0.29, 0.717) is 24.9 Å². The highest BCUT2D eigenvalue weighted by atomic mass is 32.2. The predicted molar refractivity (Wildman–Crippen MR) is 131 cm³/mol. The fraction of sp³-hybridized carbons (Fsp3) is 0.360. The summed E-state index contributed by atoms with van der Waals surface area (Å²) in [5.74, 6) is 3.01. The molecule has 0 saturated heterocycles. The molecule has 1 atom stereocenters. The smallest absolute Gasteiger partial charge is 0.239 e. The maximum absolute atomic E-state index is 6.22. The number of methoxy groups -OCH3 is 1. The molecule has 34 heavy (non-hydrogen) atoms. The molecule has 1 unspecified atom stereocenters. The summed E-state index contributed by atoms with van der Waals surface area (Å²) in [7, 11) is 1.68. The molecule has 9 heteroatoms. The quantitative estimate of drug-likeness (QED) is 0.260. The molecule has 0 N–H and O–H groups in total. The Morgan fingerprint density at radius 2 is 1.76 bits per heavy atom. The van der Waals surface area contributed by atoms with Gasteiger partial charge in [-0.3, -0.25) is 0 Å². The SMILES string of the molecule is COCCn1c(COc2ccccc2-c2ccccc2)nnc1SC(C)c1nc(C(C)C)no1. The molecule has 4 rings (SSSR count). The van der Waals surface area contributed by atoms with E-state index in [9.17, 15) is 0 Å². The van der Waals surface area contributed by atoms with Gasteiger partial charge in [-0.2, -0.15) is 4.98 Å². The molecule has 0 saturated carbocycles. The number of hydrogen-bond donors (Lipinski definition) is 0. The fourth-order valence-electron chi connectivity index (χ4n) is 3.37. The zero-order valence-corrected chi connectivity index (χ0v) is 20.7. The molecule has 0 fully saturated rings. The van der Waals surface area contributed by atoms with Crippen LogP contribution >= 0.6 is 11.8 Å². The molecule has 0 spiro atoms. The monoisotopic (exact) mass is 479 g/mol. The van der Waals surface area contributed by atoms with Gasteiger partial charge in [-0.1, -0.05) is 79.3 Å². The standard InChI is InChI=1S/C25H29N5O3S/c1-17(2)23-26-24(33-29-23)18(3)34-25-28-27-22(30(25)14-15-31-4)16-32-21-13-9-8-12-20(21)19-10-6-5-7-11-19/h5-13,17-18H,14-16H2,1-4H3. The Morgan fingerprint density at radius 3 is 2.50 bits per heavy atom. The first kappa shape index (κ1) is 24.0. The Hall–Kier alpha value is -3.17. The summed E-state index contributed by atoms with van der Waals surface area (Å²) in [6.07, 6.45) is 0. The van der Waals surface area contributed by atoms with Gasteiger partial charge in [0.05, 0.1) is 11.9 Å². The molecule has 2 heterocycles. The van der Waals surface area contributed by atoms with Crippen LogP contribution in [0.25, 0.3) is 11.1 Å². The van der Waals surface area contributed by atoms with E-state index in [1.807, 2.05) is 61.7 Å². The van der Waals surface area contributed by atoms with Gasteiger partial charge in [0.15, 0.2) is 16.8 Å². The number of aromatic nitrogens is 5. The van der Waals surface area contributed by atoms with Gasteiger partial charge in [-0.05, 0) is 18.6 Å². The molecule has 0 aliphatic rings. The third-order valence-electron chi connectivity index (χ3n) is 5.24. The maximum atomic E-state index is 6.22. The number of thioether (sulfide) groups is 1. The van der Waals surface area contributed by atoms with Crippen molar-refractivity contribution in [3.63, 3.8) is 0 Å². The second kappa shape index (κ2) is 11.3. The van der Waals surface area contributed by atoms with Crippen molar-refractivity contribution in [2.75, 3.05) is 13.7 Å². The molecular weight excluding hydrogens is 450 g/mol. The van der Waals surface area contributed by atoms with Crippen LogP contribution in [0.1, 0.15) is 49.5 Å². The molecule has 8 nitrogen and oxygen atoms in total. The van der Waals surface area contributed by atoms with E-state index in [0.717, 1.165) is 27.9 Å². The Kier molecular flexibility index (Phi) is 7.97. The highest BCUT2D eigenvalue weighted by Crippen LogP contribution is 2.34. The summed E-state index contributed by atoms with van der Waals surface area (Å²) in [4.78, 5) is 4.51. The molecule has 0 amide bonds. The Bertz CT molecular complexity index is 1190. The number of hydrogen-bond acceptors (Lipinski definition) is 8. The van der Waals surface area contributed by atoms with Crippen LogP contribution in [0.3, 0.4) is 0 Å². The van der Waals surface area contributed by atoms with Gasteiger partial charge >= 0.3 is 0 Å². The molecule has 0 aliphatic heterocycles. The lowest BCUT2D eigenvalue weighted by atomic mass is 10.1. The van der Waals surface area contributed by atoms with Crippen LogP contribution < -0.4 is 4.74 Å². The van der Waals surface area contributed by atoms with Crippen molar-refractivity contribution in [2.45, 2.75) is 50.2 Å². The number of para-hydroxylation sites is 1. The lowest BCUT2D eigenvalue weighted by molar-refractivity contribution is 0.181. The molecule has 0 aliphatic carbocycles. The van der Waals surface area contributed by atoms with E-state index in [2.05, 4.69) is 38.5 Å². The Balaban J connectivity index is 1.52. The van der Waals surface area contributed by atoms with Crippen molar-refractivity contribution >= 4 is 11.8 Å². The van der Waals surface area contributed by atoms with E-state index in [-0.39, 0.29) is 17.8 Å². The zero-order chi connectivity index (χ0) is 23.9. The van der Waals surface area contributed by atoms with Crippen LogP contribution in [0, 0.1) is 0 Å². The van der Waals surface area contributed by atoms with Gasteiger partial charge in [0.25, 0.3) is 0 Å². The minimum Gasteiger partial charge on any atom is -0.485 e. The lowest BCUT2D eigenvalue weighted by Gasteiger charge is -2.14. The molecule has 2 aromatic carbocycles. The lowest BCUT2D eigenvalue weighted by Crippen LogP contribution is -2.12. The minimum atomic E-state index is -0.0712. The van der Waals surface area contributed by atoms with Gasteiger partial charge in [-0.15, -0.1) is 10.2 Å². The van der Waals surface area contributed by atoms with E-state index in [1.165, 1.54) is 11.8 Å². The second-order valence-corrected chi connectivity index (χ2v) is 9.41. The summed E-state index contributed by atoms with van der Waals surface area (Å²) in [5, 5.41) is 13.6. The van der Waals surface area contributed by atoms with E-state index in [4.69, 9.17) is 14.0 Å². The van der Waals surface area contributed by atoms with Crippen LogP contribution in [-0.4, -0.2) is 38.6 Å². The molecule has 178 valence electrons. The van der Waals surface area contributed by atoms with Gasteiger partial charge in [0.2, 0.25) is 5.89 Å². The van der Waals surface area contributed by atoms with Crippen molar-refractivity contribution in [1.82, 2.24) is 24.9 Å². The largest absolute Gasteiger partial charge is 0.485 e. The number of rotatable bonds is 11. The summed E-state index contributed by atoms with van der Waals surface area (Å²) < 4.78 is 19.0. The second-order valence-electron chi connectivity index (χ2n) is 8.10. The van der Waals surface area contributed by atoms with Crippen molar-refractivity contribution in [2.24, 2.45) is 0 Å². The molecule has 0 bridgehead atoms. The summed E-state index contributed by atoms with van der Waals surface area (Å²) in [6, 6.07) is 18.2. The fourth-order valence-corrected chi connectivity index (χ4v) is 4.29. The summed E-state index contributed by atoms with van der Waals surface area (Å²) in [6.45, 7) is 7.52. The minimum absolute atomic E-state index is 0.0712. The van der Waals surface area contributed by atoms with Crippen LogP contribution in [0.15, 0.2) is 64.3 Å². The first-order valence-electron chi connectivity index (χ1n) is 11.2. The van der Waals surface area contributed by atoms with Gasteiger partial charge in [0.1, 0.15) is 12.4 Å². The summed E-state index contributed by atoms with van der Waals surface area (Å²) in [5.41, 5.74) is 2.14.